The Balaban J connectivity index is 2.91. The van der Waals surface area contributed by atoms with E-state index >= 15 is 0 Å². The number of ether oxygens (including phenoxy) is 1. The van der Waals surface area contributed by atoms with Gasteiger partial charge in [0.2, 0.25) is 5.88 Å². The van der Waals surface area contributed by atoms with Crippen molar-refractivity contribution in [1.29, 1.82) is 0 Å². The lowest BCUT2D eigenvalue weighted by Gasteiger charge is -2.17. The van der Waals surface area contributed by atoms with Crippen LogP contribution < -0.4 is 4.74 Å². The minimum absolute atomic E-state index is 0.0888. The van der Waals surface area contributed by atoms with E-state index < -0.39 is 12.8 Å². The van der Waals surface area contributed by atoms with E-state index in [1.54, 1.807) is 0 Å². The third-order valence-electron chi connectivity index (χ3n) is 1.73. The topological polar surface area (TPSA) is 35.0 Å². The van der Waals surface area contributed by atoms with E-state index in [9.17, 15) is 13.2 Å². The molecule has 0 saturated carbocycles. The van der Waals surface area contributed by atoms with Crippen LogP contribution in [-0.2, 0) is 5.41 Å². The lowest BCUT2D eigenvalue weighted by Crippen LogP contribution is -2.21. The highest BCUT2D eigenvalue weighted by Crippen LogP contribution is 2.24. The first-order valence-electron chi connectivity index (χ1n) is 4.82. The molecule has 0 fully saturated rings. The molecule has 0 aliphatic carbocycles. The van der Waals surface area contributed by atoms with Gasteiger partial charge in [0.15, 0.2) is 6.61 Å². The minimum atomic E-state index is -4.38. The maximum atomic E-state index is 12.0. The molecule has 3 nitrogen and oxygen atoms in total. The molecule has 0 bridgehead atoms. The van der Waals surface area contributed by atoms with Crippen molar-refractivity contribution in [3.63, 3.8) is 0 Å². The van der Waals surface area contributed by atoms with E-state index in [1.165, 1.54) is 6.07 Å². The summed E-state index contributed by atoms with van der Waals surface area (Å²) in [5.74, 6) is 0.332. The predicted molar refractivity (Wildman–Crippen MR) is 60.0 cm³/mol. The fraction of sp³-hybridized carbons (Fsp3) is 0.600. The van der Waals surface area contributed by atoms with Gasteiger partial charge < -0.3 is 4.74 Å². The molecule has 0 N–H and O–H groups in total. The van der Waals surface area contributed by atoms with Crippen LogP contribution in [0.5, 0.6) is 5.88 Å². The van der Waals surface area contributed by atoms with Crippen LogP contribution in [0.2, 0.25) is 0 Å². The number of nitrogens with zero attached hydrogens (tertiary/aromatic N) is 2. The van der Waals surface area contributed by atoms with Crippen molar-refractivity contribution in [2.75, 3.05) is 6.61 Å². The van der Waals surface area contributed by atoms with Crippen LogP contribution in [0.3, 0.4) is 0 Å². The van der Waals surface area contributed by atoms with Crippen molar-refractivity contribution in [3.05, 3.63) is 16.5 Å². The molecule has 0 unspecified atom stereocenters. The summed E-state index contributed by atoms with van der Waals surface area (Å²) in [6.07, 6.45) is -4.38. The van der Waals surface area contributed by atoms with Gasteiger partial charge in [-0.25, -0.2) is 4.98 Å². The Morgan fingerprint density at radius 2 is 1.82 bits per heavy atom. The van der Waals surface area contributed by atoms with Crippen LogP contribution in [0.4, 0.5) is 13.2 Å². The van der Waals surface area contributed by atoms with Crippen molar-refractivity contribution >= 4 is 15.9 Å². The number of rotatable bonds is 2. The first-order valence-corrected chi connectivity index (χ1v) is 5.62. The standard InChI is InChI=1S/C10H12BrF3N2O/c1-9(2,3)8-15-6(11)4-7(16-8)17-5-10(12,13)14/h4H,5H2,1-3H3. The van der Waals surface area contributed by atoms with Gasteiger partial charge in [-0.2, -0.15) is 18.2 Å². The number of aromatic nitrogens is 2. The normalized spacial score (nSPS) is 12.6. The summed E-state index contributed by atoms with van der Waals surface area (Å²) in [6.45, 7) is 4.23. The van der Waals surface area contributed by atoms with Gasteiger partial charge in [0.25, 0.3) is 0 Å². The zero-order valence-corrected chi connectivity index (χ0v) is 11.2. The summed E-state index contributed by atoms with van der Waals surface area (Å²) in [5.41, 5.74) is -0.361. The van der Waals surface area contributed by atoms with Crippen molar-refractivity contribution in [3.8, 4) is 5.88 Å². The monoisotopic (exact) mass is 312 g/mol. The summed E-state index contributed by atoms with van der Waals surface area (Å²) in [7, 11) is 0. The molecular formula is C10H12BrF3N2O. The first kappa shape index (κ1) is 14.2. The number of hydrogen-bond donors (Lipinski definition) is 0. The summed E-state index contributed by atoms with van der Waals surface area (Å²) in [6, 6.07) is 1.31. The van der Waals surface area contributed by atoms with E-state index in [0.29, 0.717) is 10.4 Å². The third kappa shape index (κ3) is 4.89. The second-order valence-electron chi connectivity index (χ2n) is 4.51. The fourth-order valence-corrected chi connectivity index (χ4v) is 1.33. The zero-order valence-electron chi connectivity index (χ0n) is 9.60. The van der Waals surface area contributed by atoms with Crippen LogP contribution in [0.1, 0.15) is 26.6 Å². The van der Waals surface area contributed by atoms with Gasteiger partial charge in [-0.05, 0) is 15.9 Å². The second kappa shape index (κ2) is 4.80. The SMILES string of the molecule is CC(C)(C)c1nc(Br)cc(OCC(F)(F)F)n1. The highest BCUT2D eigenvalue weighted by atomic mass is 79.9. The summed E-state index contributed by atoms with van der Waals surface area (Å²) in [4.78, 5) is 8.04. The first-order chi connectivity index (χ1) is 7.58. The largest absolute Gasteiger partial charge is 0.468 e. The average Bonchev–Trinajstić information content (AvgIpc) is 2.11. The molecular weight excluding hydrogens is 301 g/mol. The third-order valence-corrected chi connectivity index (χ3v) is 2.13. The fourth-order valence-electron chi connectivity index (χ4n) is 0.962. The van der Waals surface area contributed by atoms with E-state index in [1.807, 2.05) is 20.8 Å². The Hall–Kier alpha value is -0.850. The number of hydrogen-bond acceptors (Lipinski definition) is 3. The van der Waals surface area contributed by atoms with Crippen LogP contribution in [0, 0.1) is 0 Å². The Kier molecular flexibility index (Phi) is 4.01. The van der Waals surface area contributed by atoms with E-state index in [4.69, 9.17) is 0 Å². The molecule has 0 saturated heterocycles. The maximum Gasteiger partial charge on any atom is 0.422 e. The Labute approximate surface area is 106 Å². The van der Waals surface area contributed by atoms with Gasteiger partial charge in [-0.1, -0.05) is 20.8 Å². The summed E-state index contributed by atoms with van der Waals surface area (Å²) in [5, 5.41) is 0. The van der Waals surface area contributed by atoms with Crippen LogP contribution in [0.15, 0.2) is 10.7 Å². The second-order valence-corrected chi connectivity index (χ2v) is 5.32. The van der Waals surface area contributed by atoms with Crippen LogP contribution in [-0.4, -0.2) is 22.8 Å². The maximum absolute atomic E-state index is 12.0. The zero-order chi connectivity index (χ0) is 13.3. The molecule has 0 aliphatic rings. The quantitative estimate of drug-likeness (QED) is 0.784. The van der Waals surface area contributed by atoms with Gasteiger partial charge >= 0.3 is 6.18 Å². The molecule has 0 spiro atoms. The summed E-state index contributed by atoms with van der Waals surface area (Å²) >= 11 is 3.11. The lowest BCUT2D eigenvalue weighted by atomic mass is 9.96. The van der Waals surface area contributed by atoms with E-state index in [0.717, 1.165) is 0 Å². The molecule has 0 atom stereocenters. The molecule has 96 valence electrons. The average molecular weight is 313 g/mol. The lowest BCUT2D eigenvalue weighted by molar-refractivity contribution is -0.154. The Morgan fingerprint density at radius 1 is 1.24 bits per heavy atom. The molecule has 1 heterocycles. The van der Waals surface area contributed by atoms with Gasteiger partial charge in [-0.15, -0.1) is 0 Å². The molecule has 1 rings (SSSR count). The molecule has 0 aliphatic heterocycles. The molecule has 1 aromatic heterocycles. The van der Waals surface area contributed by atoms with Crippen molar-refractivity contribution in [1.82, 2.24) is 9.97 Å². The highest BCUT2D eigenvalue weighted by molar-refractivity contribution is 9.10. The highest BCUT2D eigenvalue weighted by Gasteiger charge is 2.29. The van der Waals surface area contributed by atoms with Crippen molar-refractivity contribution in [2.45, 2.75) is 32.4 Å². The number of alkyl halides is 3. The van der Waals surface area contributed by atoms with Crippen LogP contribution >= 0.6 is 15.9 Å². The van der Waals surface area contributed by atoms with Gasteiger partial charge in [0.1, 0.15) is 10.4 Å². The smallest absolute Gasteiger partial charge is 0.422 e. The van der Waals surface area contributed by atoms with Crippen LogP contribution in [0.25, 0.3) is 0 Å². The van der Waals surface area contributed by atoms with Crippen molar-refractivity contribution in [2.24, 2.45) is 0 Å². The molecule has 0 radical (unpaired) electrons. The molecule has 7 heteroatoms. The summed E-state index contributed by atoms with van der Waals surface area (Å²) < 4.78 is 41.0. The Morgan fingerprint density at radius 3 is 2.29 bits per heavy atom. The molecule has 1 aromatic rings. The minimum Gasteiger partial charge on any atom is -0.468 e. The van der Waals surface area contributed by atoms with E-state index in [2.05, 4.69) is 30.6 Å². The predicted octanol–water partition coefficient (Wildman–Crippen LogP) is 3.48. The molecule has 17 heavy (non-hydrogen) atoms. The van der Waals surface area contributed by atoms with Crippen molar-refractivity contribution < 1.29 is 17.9 Å². The Bertz CT molecular complexity index is 402. The number of halogens is 4. The molecule has 0 amide bonds. The van der Waals surface area contributed by atoms with Gasteiger partial charge in [0.05, 0.1) is 0 Å². The van der Waals surface area contributed by atoms with Gasteiger partial charge in [0, 0.05) is 11.5 Å². The van der Waals surface area contributed by atoms with Gasteiger partial charge in [-0.3, -0.25) is 0 Å². The molecule has 0 aromatic carbocycles. The van der Waals surface area contributed by atoms with E-state index in [-0.39, 0.29) is 11.3 Å².